The van der Waals surface area contributed by atoms with E-state index in [0.717, 1.165) is 56.4 Å². The molecular weight excluding hydrogens is 312 g/mol. The summed E-state index contributed by atoms with van der Waals surface area (Å²) in [5.74, 6) is 2.34. The van der Waals surface area contributed by atoms with E-state index in [4.69, 9.17) is 0 Å². The number of aryl methyl sites for hydroxylation is 1. The van der Waals surface area contributed by atoms with Crippen molar-refractivity contribution in [2.45, 2.75) is 32.2 Å². The fourth-order valence-corrected chi connectivity index (χ4v) is 3.43. The highest BCUT2D eigenvalue weighted by Gasteiger charge is 2.26. The molecule has 132 valence electrons. The molecule has 0 aliphatic carbocycles. The molecule has 1 aliphatic rings. The molecule has 3 rings (SSSR count). The zero-order valence-corrected chi connectivity index (χ0v) is 15.3. The Hall–Kier alpha value is -2.39. The molecule has 2 aromatic rings. The molecule has 0 radical (unpaired) electrons. The second kappa shape index (κ2) is 7.66. The first-order valence-electron chi connectivity index (χ1n) is 8.87. The second-order valence-corrected chi connectivity index (χ2v) is 7.00. The van der Waals surface area contributed by atoms with Gasteiger partial charge in [-0.15, -0.1) is 0 Å². The van der Waals surface area contributed by atoms with Gasteiger partial charge in [-0.1, -0.05) is 0 Å². The first kappa shape index (κ1) is 17.4. The molecular formula is C19H26N6. The molecule has 1 fully saturated rings. The Morgan fingerprint density at radius 1 is 1.36 bits per heavy atom. The van der Waals surface area contributed by atoms with E-state index in [9.17, 15) is 5.26 Å². The molecule has 0 aromatic carbocycles. The number of hydrogen-bond acceptors (Lipinski definition) is 5. The summed E-state index contributed by atoms with van der Waals surface area (Å²) >= 11 is 0. The van der Waals surface area contributed by atoms with Crippen LogP contribution < -0.4 is 4.90 Å². The summed E-state index contributed by atoms with van der Waals surface area (Å²) in [4.78, 5) is 13.7. The number of anilines is 1. The van der Waals surface area contributed by atoms with Gasteiger partial charge in [0, 0.05) is 50.2 Å². The van der Waals surface area contributed by atoms with Crippen molar-refractivity contribution < 1.29 is 0 Å². The lowest BCUT2D eigenvalue weighted by Crippen LogP contribution is -2.36. The van der Waals surface area contributed by atoms with Gasteiger partial charge in [-0.25, -0.2) is 9.97 Å². The van der Waals surface area contributed by atoms with Gasteiger partial charge < -0.3 is 14.4 Å². The second-order valence-electron chi connectivity index (χ2n) is 7.00. The van der Waals surface area contributed by atoms with Gasteiger partial charge >= 0.3 is 0 Å². The van der Waals surface area contributed by atoms with E-state index in [-0.39, 0.29) is 0 Å². The summed E-state index contributed by atoms with van der Waals surface area (Å²) in [6, 6.07) is 6.06. The zero-order chi connectivity index (χ0) is 17.8. The molecule has 0 spiro atoms. The molecule has 6 heteroatoms. The molecule has 3 heterocycles. The van der Waals surface area contributed by atoms with Crippen LogP contribution in [0.4, 0.5) is 5.82 Å². The lowest BCUT2D eigenvalue weighted by molar-refractivity contribution is 0.373. The van der Waals surface area contributed by atoms with Gasteiger partial charge in [0.1, 0.15) is 17.7 Å². The van der Waals surface area contributed by atoms with Crippen molar-refractivity contribution in [2.24, 2.45) is 0 Å². The number of piperidine rings is 1. The molecule has 6 nitrogen and oxygen atoms in total. The maximum atomic E-state index is 9.42. The molecule has 0 saturated carbocycles. The molecule has 0 amide bonds. The SMILES string of the molecule is Cc1ccc(C#N)c(N2CCC[C@@H](c3nccn3CCN(C)C)C2)n1. The Morgan fingerprint density at radius 3 is 2.96 bits per heavy atom. The van der Waals surface area contributed by atoms with Crippen LogP contribution in [0, 0.1) is 18.3 Å². The van der Waals surface area contributed by atoms with Crippen molar-refractivity contribution in [3.63, 3.8) is 0 Å². The number of aromatic nitrogens is 3. The van der Waals surface area contributed by atoms with E-state index in [1.807, 2.05) is 25.3 Å². The number of nitrogens with zero attached hydrogens (tertiary/aromatic N) is 6. The zero-order valence-electron chi connectivity index (χ0n) is 15.3. The quantitative estimate of drug-likeness (QED) is 0.838. The summed E-state index contributed by atoms with van der Waals surface area (Å²) in [5.41, 5.74) is 1.60. The first-order valence-corrected chi connectivity index (χ1v) is 8.87. The number of nitriles is 1. The maximum Gasteiger partial charge on any atom is 0.146 e. The molecule has 25 heavy (non-hydrogen) atoms. The van der Waals surface area contributed by atoms with Crippen molar-refractivity contribution in [3.05, 3.63) is 41.6 Å². The average molecular weight is 338 g/mol. The van der Waals surface area contributed by atoms with Crippen LogP contribution in [0.2, 0.25) is 0 Å². The monoisotopic (exact) mass is 338 g/mol. The highest BCUT2D eigenvalue weighted by atomic mass is 15.2. The molecule has 0 unspecified atom stereocenters. The van der Waals surface area contributed by atoms with Crippen molar-refractivity contribution in [2.75, 3.05) is 38.6 Å². The minimum absolute atomic E-state index is 0.375. The fraction of sp³-hybridized carbons (Fsp3) is 0.526. The van der Waals surface area contributed by atoms with Crippen LogP contribution >= 0.6 is 0 Å². The Morgan fingerprint density at radius 2 is 2.20 bits per heavy atom. The van der Waals surface area contributed by atoms with E-state index in [2.05, 4.69) is 50.7 Å². The number of likely N-dealkylation sites (N-methyl/N-ethyl adjacent to an activating group) is 1. The normalized spacial score (nSPS) is 17.7. The predicted octanol–water partition coefficient (Wildman–Crippen LogP) is 2.40. The largest absolute Gasteiger partial charge is 0.355 e. The average Bonchev–Trinajstić information content (AvgIpc) is 3.08. The summed E-state index contributed by atoms with van der Waals surface area (Å²) < 4.78 is 2.27. The van der Waals surface area contributed by atoms with Crippen molar-refractivity contribution in [3.8, 4) is 6.07 Å². The van der Waals surface area contributed by atoms with Crippen molar-refractivity contribution >= 4 is 5.82 Å². The van der Waals surface area contributed by atoms with Crippen molar-refractivity contribution in [1.29, 1.82) is 5.26 Å². The minimum atomic E-state index is 0.375. The van der Waals surface area contributed by atoms with Crippen LogP contribution in [-0.2, 0) is 6.54 Å². The van der Waals surface area contributed by atoms with Crippen LogP contribution in [0.5, 0.6) is 0 Å². The summed E-state index contributed by atoms with van der Waals surface area (Å²) in [6.07, 6.45) is 6.19. The van der Waals surface area contributed by atoms with Gasteiger partial charge in [-0.2, -0.15) is 5.26 Å². The van der Waals surface area contributed by atoms with Gasteiger partial charge in [0.25, 0.3) is 0 Å². The van der Waals surface area contributed by atoms with Crippen molar-refractivity contribution in [1.82, 2.24) is 19.4 Å². The first-order chi connectivity index (χ1) is 12.1. The van der Waals surface area contributed by atoms with Gasteiger partial charge in [0.15, 0.2) is 0 Å². The Labute approximate surface area is 149 Å². The van der Waals surface area contributed by atoms with E-state index < -0.39 is 0 Å². The van der Waals surface area contributed by atoms with E-state index in [1.54, 1.807) is 0 Å². The van der Waals surface area contributed by atoms with Gasteiger partial charge in [-0.3, -0.25) is 0 Å². The number of imidazole rings is 1. The molecule has 2 aromatic heterocycles. The van der Waals surface area contributed by atoms with Crippen LogP contribution in [0.3, 0.4) is 0 Å². The van der Waals surface area contributed by atoms with Gasteiger partial charge in [0.05, 0.1) is 5.56 Å². The predicted molar refractivity (Wildman–Crippen MR) is 98.7 cm³/mol. The van der Waals surface area contributed by atoms with Crippen LogP contribution in [0.15, 0.2) is 24.5 Å². The highest BCUT2D eigenvalue weighted by Crippen LogP contribution is 2.30. The third kappa shape index (κ3) is 3.99. The summed E-state index contributed by atoms with van der Waals surface area (Å²) in [7, 11) is 4.18. The third-order valence-corrected chi connectivity index (χ3v) is 4.76. The van der Waals surface area contributed by atoms with E-state index in [1.165, 1.54) is 0 Å². The molecule has 1 aliphatic heterocycles. The Bertz CT molecular complexity index is 758. The number of pyridine rings is 1. The summed E-state index contributed by atoms with van der Waals surface area (Å²) in [5, 5.41) is 9.42. The fourth-order valence-electron chi connectivity index (χ4n) is 3.43. The molecule has 1 saturated heterocycles. The van der Waals surface area contributed by atoms with Gasteiger partial charge in [-0.05, 0) is 46.0 Å². The lowest BCUT2D eigenvalue weighted by atomic mass is 9.96. The minimum Gasteiger partial charge on any atom is -0.355 e. The highest BCUT2D eigenvalue weighted by molar-refractivity contribution is 5.54. The maximum absolute atomic E-state index is 9.42. The molecule has 1 atom stereocenters. The summed E-state index contributed by atoms with van der Waals surface area (Å²) in [6.45, 7) is 5.73. The number of rotatable bonds is 5. The Kier molecular flexibility index (Phi) is 5.34. The molecule has 0 N–H and O–H groups in total. The van der Waals surface area contributed by atoms with Crippen LogP contribution in [0.25, 0.3) is 0 Å². The Balaban J connectivity index is 1.80. The lowest BCUT2D eigenvalue weighted by Gasteiger charge is -2.34. The molecule has 0 bridgehead atoms. The van der Waals surface area contributed by atoms with Gasteiger partial charge in [0.2, 0.25) is 0 Å². The van der Waals surface area contributed by atoms with E-state index >= 15 is 0 Å². The van der Waals surface area contributed by atoms with Crippen LogP contribution in [0.1, 0.15) is 35.8 Å². The van der Waals surface area contributed by atoms with E-state index in [0.29, 0.717) is 11.5 Å². The third-order valence-electron chi connectivity index (χ3n) is 4.76. The number of hydrogen-bond donors (Lipinski definition) is 0. The van der Waals surface area contributed by atoms with Crippen LogP contribution in [-0.4, -0.2) is 53.2 Å². The standard InChI is InChI=1S/C19H26N6/c1-15-6-7-16(13-20)19(22-15)25-9-4-5-17(14-25)18-21-8-10-24(18)12-11-23(2)3/h6-8,10,17H,4-5,9,11-12,14H2,1-3H3/t17-/m1/s1. The topological polar surface area (TPSA) is 61.0 Å². The smallest absolute Gasteiger partial charge is 0.146 e.